The number of hydrogen-bond acceptors (Lipinski definition) is 2. The van der Waals surface area contributed by atoms with Gasteiger partial charge in [0.25, 0.3) is 0 Å². The highest BCUT2D eigenvalue weighted by Gasteiger charge is 2.18. The zero-order valence-electron chi connectivity index (χ0n) is 7.84. The maximum atomic E-state index is 13.4. The van der Waals surface area contributed by atoms with Gasteiger partial charge in [0.15, 0.2) is 5.78 Å². The Bertz CT molecular complexity index is 551. The molecule has 2 aromatic rings. The van der Waals surface area contributed by atoms with Crippen molar-refractivity contribution in [1.29, 1.82) is 0 Å². The van der Waals surface area contributed by atoms with Gasteiger partial charge in [-0.25, -0.2) is 4.39 Å². The fourth-order valence-electron chi connectivity index (χ4n) is 1.29. The van der Waals surface area contributed by atoms with Crippen molar-refractivity contribution in [2.45, 2.75) is 0 Å². The number of carbonyl (C=O) groups excluding carboxylic acids is 1. The molecule has 0 spiro atoms. The minimum Gasteiger partial charge on any atom is -0.288 e. The monoisotopic (exact) mass is 362 g/mol. The van der Waals surface area contributed by atoms with Crippen LogP contribution in [0, 0.1) is 5.82 Å². The zero-order chi connectivity index (χ0) is 11.7. The van der Waals surface area contributed by atoms with Gasteiger partial charge in [-0.3, -0.25) is 4.79 Å². The number of carbonyl (C=O) groups is 1. The van der Waals surface area contributed by atoms with E-state index in [0.717, 1.165) is 3.79 Å². The third-order valence-electron chi connectivity index (χ3n) is 2.02. The van der Waals surface area contributed by atoms with Crippen LogP contribution in [-0.4, -0.2) is 5.78 Å². The summed E-state index contributed by atoms with van der Waals surface area (Å²) in [5.41, 5.74) is 0.565. The summed E-state index contributed by atoms with van der Waals surface area (Å²) in [4.78, 5) is 12.0. The van der Waals surface area contributed by atoms with Crippen molar-refractivity contribution >= 4 is 49.0 Å². The maximum Gasteiger partial charge on any atom is 0.198 e. The number of halogens is 3. The number of hydrogen-bond donors (Lipinski definition) is 0. The molecule has 1 aromatic carbocycles. The quantitative estimate of drug-likeness (QED) is 0.710. The molecule has 1 nitrogen and oxygen atoms in total. The molecule has 0 aliphatic rings. The number of thiophene rings is 1. The SMILES string of the molecule is O=C(c1ccccc1F)c1cc(Br)sc1Br. The third-order valence-corrected chi connectivity index (χ3v) is 4.36. The van der Waals surface area contributed by atoms with Gasteiger partial charge in [-0.2, -0.15) is 0 Å². The molecule has 1 heterocycles. The van der Waals surface area contributed by atoms with Gasteiger partial charge in [0, 0.05) is 5.56 Å². The van der Waals surface area contributed by atoms with Crippen LogP contribution < -0.4 is 0 Å². The summed E-state index contributed by atoms with van der Waals surface area (Å²) in [5.74, 6) is -0.811. The van der Waals surface area contributed by atoms with Crippen LogP contribution in [0.4, 0.5) is 4.39 Å². The molecule has 0 radical (unpaired) electrons. The fourth-order valence-corrected chi connectivity index (χ4v) is 4.08. The van der Waals surface area contributed by atoms with Gasteiger partial charge in [0.05, 0.1) is 13.1 Å². The van der Waals surface area contributed by atoms with Crippen molar-refractivity contribution in [3.63, 3.8) is 0 Å². The largest absolute Gasteiger partial charge is 0.288 e. The molecule has 5 heteroatoms. The first kappa shape index (κ1) is 12.0. The second-order valence-electron chi connectivity index (χ2n) is 3.05. The molecule has 0 unspecified atom stereocenters. The first-order valence-corrected chi connectivity index (χ1v) is 6.74. The highest BCUT2D eigenvalue weighted by Crippen LogP contribution is 2.33. The van der Waals surface area contributed by atoms with E-state index >= 15 is 0 Å². The molecule has 0 aliphatic heterocycles. The lowest BCUT2D eigenvalue weighted by Crippen LogP contribution is -2.03. The zero-order valence-corrected chi connectivity index (χ0v) is 11.8. The molecule has 0 N–H and O–H groups in total. The van der Waals surface area contributed by atoms with Crippen molar-refractivity contribution < 1.29 is 9.18 Å². The molecule has 0 fully saturated rings. The minimum atomic E-state index is -0.498. The molecule has 2 rings (SSSR count). The minimum absolute atomic E-state index is 0.0912. The highest BCUT2D eigenvalue weighted by atomic mass is 79.9. The molecule has 0 aliphatic carbocycles. The van der Waals surface area contributed by atoms with E-state index in [-0.39, 0.29) is 11.3 Å². The molecule has 1 aromatic heterocycles. The summed E-state index contributed by atoms with van der Waals surface area (Å²) in [7, 11) is 0. The van der Waals surface area contributed by atoms with Gasteiger partial charge >= 0.3 is 0 Å². The Morgan fingerprint density at radius 1 is 1.19 bits per heavy atom. The molecule has 16 heavy (non-hydrogen) atoms. The van der Waals surface area contributed by atoms with Gasteiger partial charge in [-0.15, -0.1) is 11.3 Å². The van der Waals surface area contributed by atoms with E-state index in [0.29, 0.717) is 9.35 Å². The Kier molecular flexibility index (Phi) is 3.56. The van der Waals surface area contributed by atoms with Gasteiger partial charge < -0.3 is 0 Å². The van der Waals surface area contributed by atoms with E-state index in [1.54, 1.807) is 18.2 Å². The number of ketones is 1. The van der Waals surface area contributed by atoms with E-state index in [1.165, 1.54) is 23.5 Å². The molecule has 0 bridgehead atoms. The average molecular weight is 364 g/mol. The maximum absolute atomic E-state index is 13.4. The third kappa shape index (κ3) is 2.26. The molecule has 0 saturated heterocycles. The smallest absolute Gasteiger partial charge is 0.198 e. The second-order valence-corrected chi connectivity index (χ2v) is 6.80. The van der Waals surface area contributed by atoms with Crippen molar-refractivity contribution in [1.82, 2.24) is 0 Å². The molecule has 0 amide bonds. The van der Waals surface area contributed by atoms with Crippen LogP contribution in [0.3, 0.4) is 0 Å². The van der Waals surface area contributed by atoms with Crippen LogP contribution in [0.1, 0.15) is 15.9 Å². The van der Waals surface area contributed by atoms with Crippen LogP contribution in [0.2, 0.25) is 0 Å². The van der Waals surface area contributed by atoms with E-state index < -0.39 is 5.82 Å². The first-order chi connectivity index (χ1) is 7.59. The number of rotatable bonds is 2. The van der Waals surface area contributed by atoms with E-state index in [2.05, 4.69) is 31.9 Å². The average Bonchev–Trinajstić information content (AvgIpc) is 2.58. The summed E-state index contributed by atoms with van der Waals surface area (Å²) in [6.45, 7) is 0. The lowest BCUT2D eigenvalue weighted by molar-refractivity contribution is 0.103. The van der Waals surface area contributed by atoms with Crippen LogP contribution >= 0.6 is 43.2 Å². The molecular formula is C11H5Br2FOS. The van der Waals surface area contributed by atoms with E-state index in [4.69, 9.17) is 0 Å². The van der Waals surface area contributed by atoms with Crippen LogP contribution in [0.25, 0.3) is 0 Å². The molecule has 0 atom stereocenters. The Balaban J connectivity index is 2.47. The first-order valence-electron chi connectivity index (χ1n) is 4.33. The van der Waals surface area contributed by atoms with Gasteiger partial charge in [0.1, 0.15) is 5.82 Å². The Morgan fingerprint density at radius 3 is 2.44 bits per heavy atom. The number of benzene rings is 1. The van der Waals surface area contributed by atoms with Crippen molar-refractivity contribution in [2.75, 3.05) is 0 Å². The summed E-state index contributed by atoms with van der Waals surface area (Å²) in [6.07, 6.45) is 0. The highest BCUT2D eigenvalue weighted by molar-refractivity contribution is 9.12. The Labute approximate surface area is 113 Å². The lowest BCUT2D eigenvalue weighted by atomic mass is 10.1. The summed E-state index contributed by atoms with van der Waals surface area (Å²) in [5, 5.41) is 0. The fraction of sp³-hybridized carbons (Fsp3) is 0. The van der Waals surface area contributed by atoms with Gasteiger partial charge in [-0.1, -0.05) is 12.1 Å². The summed E-state index contributed by atoms with van der Waals surface area (Å²) >= 11 is 7.96. The van der Waals surface area contributed by atoms with Crippen molar-refractivity contribution in [2.24, 2.45) is 0 Å². The normalized spacial score (nSPS) is 10.4. The second kappa shape index (κ2) is 4.77. The van der Waals surface area contributed by atoms with Crippen LogP contribution in [-0.2, 0) is 0 Å². The van der Waals surface area contributed by atoms with Crippen molar-refractivity contribution in [3.8, 4) is 0 Å². The predicted octanol–water partition coefficient (Wildman–Crippen LogP) is 4.64. The Hall–Kier alpha value is -0.520. The molecular weight excluding hydrogens is 359 g/mol. The van der Waals surface area contributed by atoms with E-state index in [1.807, 2.05) is 0 Å². The topological polar surface area (TPSA) is 17.1 Å². The molecule has 0 saturated carbocycles. The lowest BCUT2D eigenvalue weighted by Gasteiger charge is -2.00. The van der Waals surface area contributed by atoms with Crippen molar-refractivity contribution in [3.05, 3.63) is 54.8 Å². The summed E-state index contributed by atoms with van der Waals surface area (Å²) < 4.78 is 15.0. The van der Waals surface area contributed by atoms with Gasteiger partial charge in [-0.05, 0) is 50.1 Å². The van der Waals surface area contributed by atoms with Crippen LogP contribution in [0.15, 0.2) is 37.9 Å². The Morgan fingerprint density at radius 2 is 1.88 bits per heavy atom. The summed E-state index contributed by atoms with van der Waals surface area (Å²) in [6, 6.07) is 7.65. The van der Waals surface area contributed by atoms with Crippen LogP contribution in [0.5, 0.6) is 0 Å². The predicted molar refractivity (Wildman–Crippen MR) is 69.6 cm³/mol. The molecule has 82 valence electrons. The van der Waals surface area contributed by atoms with Gasteiger partial charge in [0.2, 0.25) is 0 Å². The van der Waals surface area contributed by atoms with E-state index in [9.17, 15) is 9.18 Å². The standard InChI is InChI=1S/C11H5Br2FOS/c12-9-5-7(11(13)16-9)10(15)6-3-1-2-4-8(6)14/h1-5H.